The quantitative estimate of drug-likeness (QED) is 0.0311. The Hall–Kier alpha value is -1.52. The third kappa shape index (κ3) is 29.6. The van der Waals surface area contributed by atoms with Crippen LogP contribution in [-0.4, -0.2) is 64.9 Å². The van der Waals surface area contributed by atoms with Crippen molar-refractivity contribution in [1.82, 2.24) is 5.32 Å². The summed E-state index contributed by atoms with van der Waals surface area (Å²) in [6.45, 7) is 2.51. The van der Waals surface area contributed by atoms with E-state index >= 15 is 0 Å². The summed E-state index contributed by atoms with van der Waals surface area (Å²) in [5, 5.41) is 21.6. The van der Waals surface area contributed by atoms with Gasteiger partial charge in [-0.3, -0.25) is 18.6 Å². The molecule has 0 saturated carbocycles. The van der Waals surface area contributed by atoms with Gasteiger partial charge in [0.25, 0.3) is 0 Å². The number of nitrogens with one attached hydrogen (secondary N) is 1. The zero-order valence-corrected chi connectivity index (χ0v) is 29.1. The van der Waals surface area contributed by atoms with Gasteiger partial charge in [0.05, 0.1) is 13.2 Å². The monoisotopic (exact) mass is 665 g/mol. The summed E-state index contributed by atoms with van der Waals surface area (Å²) < 4.78 is 26.5. The number of aliphatic carboxylic acids is 1. The van der Waals surface area contributed by atoms with E-state index in [0.717, 1.165) is 38.5 Å². The summed E-state index contributed by atoms with van der Waals surface area (Å²) in [5.74, 6) is -2.37. The van der Waals surface area contributed by atoms with Crippen molar-refractivity contribution >= 4 is 25.7 Å². The van der Waals surface area contributed by atoms with Crippen molar-refractivity contribution in [3.63, 3.8) is 0 Å². The summed E-state index contributed by atoms with van der Waals surface area (Å²) in [5.41, 5.74) is 0. The first-order valence-electron chi connectivity index (χ1n) is 17.6. The van der Waals surface area contributed by atoms with E-state index in [0.29, 0.717) is 12.8 Å². The fraction of sp³-hybridized carbons (Fsp3) is 0.909. The number of ether oxygens (including phenoxy) is 1. The van der Waals surface area contributed by atoms with Crippen LogP contribution in [-0.2, 0) is 32.7 Å². The van der Waals surface area contributed by atoms with Crippen LogP contribution >= 0.6 is 7.82 Å². The number of phosphoric ester groups is 1. The Bertz CT molecular complexity index is 797. The predicted molar refractivity (Wildman–Crippen MR) is 176 cm³/mol. The number of hydrogen-bond acceptors (Lipinski definition) is 8. The Morgan fingerprint density at radius 3 is 1.47 bits per heavy atom. The maximum atomic E-state index is 12.2. The molecule has 3 atom stereocenters. The first-order valence-corrected chi connectivity index (χ1v) is 19.1. The highest BCUT2D eigenvalue weighted by atomic mass is 31.2. The molecule has 0 radical (unpaired) electrons. The summed E-state index contributed by atoms with van der Waals surface area (Å²) in [6, 6.07) is -1.54. The minimum atomic E-state index is -4.73. The van der Waals surface area contributed by atoms with E-state index in [1.807, 2.05) is 0 Å². The average Bonchev–Trinajstić information content (AvgIpc) is 3.00. The van der Waals surface area contributed by atoms with E-state index in [1.165, 1.54) is 83.5 Å². The van der Waals surface area contributed by atoms with Crippen molar-refractivity contribution in [2.24, 2.45) is 0 Å². The van der Waals surface area contributed by atoms with Crippen LogP contribution < -0.4 is 5.32 Å². The van der Waals surface area contributed by atoms with E-state index in [-0.39, 0.29) is 12.8 Å². The average molecular weight is 666 g/mol. The standard InChI is InChI=1S/C33H64NO10P/c1-3-5-7-9-11-12-13-14-15-16-17-19-20-22-24-31(36)34-30(33(38)39)28-44-45(40,41)43-27-29(35)26-42-32(37)25-23-21-18-10-8-6-4-2/h29-30,35H,3-28H2,1-2H3,(H,34,36)(H,38,39)(H,40,41). The number of amides is 1. The van der Waals surface area contributed by atoms with E-state index in [2.05, 4.69) is 19.2 Å². The molecule has 0 aliphatic carbocycles. The molecule has 1 amide bonds. The van der Waals surface area contributed by atoms with E-state index in [1.54, 1.807) is 0 Å². The maximum Gasteiger partial charge on any atom is 0.472 e. The van der Waals surface area contributed by atoms with Gasteiger partial charge in [0.1, 0.15) is 12.7 Å². The molecule has 0 rings (SSSR count). The Morgan fingerprint density at radius 2 is 1.02 bits per heavy atom. The highest BCUT2D eigenvalue weighted by Gasteiger charge is 2.28. The van der Waals surface area contributed by atoms with Crippen LogP contribution in [0.25, 0.3) is 0 Å². The van der Waals surface area contributed by atoms with Gasteiger partial charge in [0.15, 0.2) is 6.04 Å². The molecule has 0 fully saturated rings. The van der Waals surface area contributed by atoms with Crippen LogP contribution in [0.3, 0.4) is 0 Å². The zero-order chi connectivity index (χ0) is 33.6. The van der Waals surface area contributed by atoms with Crippen LogP contribution in [0.15, 0.2) is 0 Å². The number of carboxylic acid groups (broad SMARTS) is 1. The highest BCUT2D eigenvalue weighted by Crippen LogP contribution is 2.43. The molecule has 4 N–H and O–H groups in total. The van der Waals surface area contributed by atoms with E-state index < -0.39 is 57.6 Å². The first-order chi connectivity index (χ1) is 21.6. The molecule has 0 aromatic rings. The Kier molecular flexibility index (Phi) is 28.8. The minimum absolute atomic E-state index is 0.152. The molecule has 266 valence electrons. The number of rotatable bonds is 33. The molecule has 0 heterocycles. The lowest BCUT2D eigenvalue weighted by molar-refractivity contribution is -0.147. The number of unbranched alkanes of at least 4 members (excludes halogenated alkanes) is 19. The number of aliphatic hydroxyl groups is 1. The number of carboxylic acids is 1. The molecule has 3 unspecified atom stereocenters. The van der Waals surface area contributed by atoms with Gasteiger partial charge in [0, 0.05) is 12.8 Å². The summed E-state index contributed by atoms with van der Waals surface area (Å²) in [7, 11) is -4.73. The summed E-state index contributed by atoms with van der Waals surface area (Å²) >= 11 is 0. The van der Waals surface area contributed by atoms with Crippen molar-refractivity contribution in [2.75, 3.05) is 19.8 Å². The lowest BCUT2D eigenvalue weighted by Gasteiger charge is -2.18. The van der Waals surface area contributed by atoms with Crippen LogP contribution in [0.2, 0.25) is 0 Å². The maximum absolute atomic E-state index is 12.2. The third-order valence-electron chi connectivity index (χ3n) is 7.65. The van der Waals surface area contributed by atoms with Gasteiger partial charge in [-0.15, -0.1) is 0 Å². The van der Waals surface area contributed by atoms with Crippen molar-refractivity contribution < 1.29 is 47.8 Å². The Balaban J connectivity index is 3.99. The number of carbonyl (C=O) groups excluding carboxylic acids is 2. The number of esters is 1. The van der Waals surface area contributed by atoms with Crippen molar-refractivity contribution in [3.05, 3.63) is 0 Å². The normalized spacial score (nSPS) is 14.0. The first kappa shape index (κ1) is 43.5. The van der Waals surface area contributed by atoms with Crippen LogP contribution in [0.5, 0.6) is 0 Å². The lowest BCUT2D eigenvalue weighted by Crippen LogP contribution is -2.43. The van der Waals surface area contributed by atoms with Crippen molar-refractivity contribution in [3.8, 4) is 0 Å². The van der Waals surface area contributed by atoms with E-state index in [4.69, 9.17) is 13.8 Å². The number of carbonyl (C=O) groups is 3. The molecule has 0 aliphatic heterocycles. The topological polar surface area (TPSA) is 169 Å². The van der Waals surface area contributed by atoms with Gasteiger partial charge in [-0.05, 0) is 12.8 Å². The molecule has 0 spiro atoms. The third-order valence-corrected chi connectivity index (χ3v) is 8.60. The molecule has 0 saturated heterocycles. The second kappa shape index (κ2) is 29.9. The van der Waals surface area contributed by atoms with Gasteiger partial charge < -0.3 is 25.2 Å². The van der Waals surface area contributed by atoms with Crippen molar-refractivity contribution in [2.45, 2.75) is 174 Å². The minimum Gasteiger partial charge on any atom is -0.480 e. The van der Waals surface area contributed by atoms with Crippen LogP contribution in [0, 0.1) is 0 Å². The fourth-order valence-electron chi connectivity index (χ4n) is 4.84. The van der Waals surface area contributed by atoms with Crippen molar-refractivity contribution in [1.29, 1.82) is 0 Å². The second-order valence-corrected chi connectivity index (χ2v) is 13.5. The molecule has 0 aromatic heterocycles. The number of hydrogen-bond donors (Lipinski definition) is 4. The lowest BCUT2D eigenvalue weighted by atomic mass is 10.0. The number of phosphoric acid groups is 1. The van der Waals surface area contributed by atoms with Gasteiger partial charge in [0.2, 0.25) is 5.91 Å². The van der Waals surface area contributed by atoms with E-state index in [9.17, 15) is 34.1 Å². The molecule has 11 nitrogen and oxygen atoms in total. The van der Waals surface area contributed by atoms with Crippen LogP contribution in [0.4, 0.5) is 0 Å². The zero-order valence-electron chi connectivity index (χ0n) is 28.2. The summed E-state index contributed by atoms with van der Waals surface area (Å²) in [6.07, 6.45) is 23.0. The largest absolute Gasteiger partial charge is 0.480 e. The molecule has 0 aromatic carbocycles. The second-order valence-electron chi connectivity index (χ2n) is 12.1. The predicted octanol–water partition coefficient (Wildman–Crippen LogP) is 7.61. The smallest absolute Gasteiger partial charge is 0.472 e. The Labute approximate surface area is 272 Å². The number of aliphatic hydroxyl groups excluding tert-OH is 1. The SMILES string of the molecule is CCCCCCCCCCCCCCCCC(=O)NC(COP(=O)(O)OCC(O)COC(=O)CCCCCCCCC)C(=O)O. The fourth-order valence-corrected chi connectivity index (χ4v) is 5.62. The summed E-state index contributed by atoms with van der Waals surface area (Å²) in [4.78, 5) is 45.4. The molecular formula is C33H64NO10P. The van der Waals surface area contributed by atoms with Gasteiger partial charge in [-0.1, -0.05) is 136 Å². The molecule has 45 heavy (non-hydrogen) atoms. The highest BCUT2D eigenvalue weighted by molar-refractivity contribution is 7.47. The van der Waals surface area contributed by atoms with Crippen LogP contribution in [0.1, 0.15) is 162 Å². The molecule has 0 bridgehead atoms. The Morgan fingerprint density at radius 1 is 0.622 bits per heavy atom. The van der Waals surface area contributed by atoms with Gasteiger partial charge >= 0.3 is 19.8 Å². The van der Waals surface area contributed by atoms with Gasteiger partial charge in [-0.25, -0.2) is 9.36 Å². The van der Waals surface area contributed by atoms with Gasteiger partial charge in [-0.2, -0.15) is 0 Å². The molecule has 12 heteroatoms. The molecular weight excluding hydrogens is 601 g/mol. The molecule has 0 aliphatic rings.